The van der Waals surface area contributed by atoms with E-state index in [1.165, 1.54) is 11.6 Å². The number of carboxylic acid groups (broad SMARTS) is 1. The lowest BCUT2D eigenvalue weighted by Crippen LogP contribution is -2.37. The molecule has 3 atom stereocenters. The number of nitrogens with one attached hydrogen (secondary N) is 2. The SMILES string of the molecule is CC(C(=O)O)c1ccc(F)c(CCN[C@H](c2ccccc2)[C@H]2CNc3cccnc3C2)c1. The van der Waals surface area contributed by atoms with Crippen LogP contribution in [-0.4, -0.2) is 29.1 Å². The molecule has 0 spiro atoms. The van der Waals surface area contributed by atoms with E-state index in [0.29, 0.717) is 30.0 Å². The molecule has 0 amide bonds. The standard InChI is InChI=1S/C26H28FN3O2/c1-17(26(31)32)19-9-10-22(27)20(14-19)11-13-29-25(18-6-3-2-4-7-18)21-15-24-23(30-16-21)8-5-12-28-24/h2-10,12,14,17,21,25,29-30H,11,13,15-16H2,1H3,(H,31,32)/t17?,21-,25-/m1/s1. The average molecular weight is 434 g/mol. The number of anilines is 1. The molecule has 3 aromatic rings. The van der Waals surface area contributed by atoms with Crippen LogP contribution in [-0.2, 0) is 17.6 Å². The molecule has 0 saturated carbocycles. The van der Waals surface area contributed by atoms with E-state index in [2.05, 4.69) is 33.8 Å². The highest BCUT2D eigenvalue weighted by Crippen LogP contribution is 2.31. The summed E-state index contributed by atoms with van der Waals surface area (Å²) in [7, 11) is 0. The zero-order valence-corrected chi connectivity index (χ0v) is 18.1. The largest absolute Gasteiger partial charge is 0.481 e. The second-order valence-electron chi connectivity index (χ2n) is 8.35. The van der Waals surface area contributed by atoms with Crippen molar-refractivity contribution >= 4 is 11.7 Å². The lowest BCUT2D eigenvalue weighted by Gasteiger charge is -2.33. The topological polar surface area (TPSA) is 74.2 Å². The lowest BCUT2D eigenvalue weighted by molar-refractivity contribution is -0.138. The first-order valence-corrected chi connectivity index (χ1v) is 11.0. The van der Waals surface area contributed by atoms with E-state index >= 15 is 0 Å². The van der Waals surface area contributed by atoms with Crippen molar-refractivity contribution in [3.05, 3.63) is 95.1 Å². The van der Waals surface area contributed by atoms with E-state index in [0.717, 1.165) is 24.3 Å². The molecule has 2 aromatic carbocycles. The van der Waals surface area contributed by atoms with Gasteiger partial charge in [0.05, 0.1) is 17.3 Å². The van der Waals surface area contributed by atoms with Crippen LogP contribution in [0.2, 0.25) is 0 Å². The third kappa shape index (κ3) is 4.97. The van der Waals surface area contributed by atoms with E-state index in [4.69, 9.17) is 0 Å². The molecular formula is C26H28FN3O2. The average Bonchev–Trinajstić information content (AvgIpc) is 2.82. The summed E-state index contributed by atoms with van der Waals surface area (Å²) in [6.07, 6.45) is 3.15. The van der Waals surface area contributed by atoms with Crippen LogP contribution in [0.1, 0.15) is 41.3 Å². The van der Waals surface area contributed by atoms with Crippen molar-refractivity contribution in [1.82, 2.24) is 10.3 Å². The van der Waals surface area contributed by atoms with Gasteiger partial charge in [-0.05, 0) is 61.2 Å². The normalized spacial score (nSPS) is 17.1. The van der Waals surface area contributed by atoms with Crippen LogP contribution in [0.3, 0.4) is 0 Å². The van der Waals surface area contributed by atoms with Gasteiger partial charge in [0.25, 0.3) is 0 Å². The molecule has 1 aromatic heterocycles. The van der Waals surface area contributed by atoms with Gasteiger partial charge in [0.15, 0.2) is 0 Å². The number of aliphatic carboxylic acids is 1. The summed E-state index contributed by atoms with van der Waals surface area (Å²) in [6, 6.07) is 19.0. The number of carboxylic acids is 1. The van der Waals surface area contributed by atoms with Gasteiger partial charge < -0.3 is 15.7 Å². The molecule has 166 valence electrons. The highest BCUT2D eigenvalue weighted by atomic mass is 19.1. The van der Waals surface area contributed by atoms with Crippen LogP contribution < -0.4 is 10.6 Å². The number of pyridine rings is 1. The van der Waals surface area contributed by atoms with E-state index in [-0.39, 0.29) is 11.9 Å². The number of aromatic nitrogens is 1. The van der Waals surface area contributed by atoms with Crippen molar-refractivity contribution in [3.8, 4) is 0 Å². The van der Waals surface area contributed by atoms with Gasteiger partial charge in [0.2, 0.25) is 0 Å². The maximum Gasteiger partial charge on any atom is 0.310 e. The van der Waals surface area contributed by atoms with Crippen LogP contribution >= 0.6 is 0 Å². The van der Waals surface area contributed by atoms with Gasteiger partial charge in [-0.25, -0.2) is 4.39 Å². The number of fused-ring (bicyclic) bond motifs is 1. The highest BCUT2D eigenvalue weighted by molar-refractivity contribution is 5.75. The maximum absolute atomic E-state index is 14.4. The van der Waals surface area contributed by atoms with Crippen molar-refractivity contribution in [1.29, 1.82) is 0 Å². The quantitative estimate of drug-likeness (QED) is 0.485. The van der Waals surface area contributed by atoms with E-state index in [1.807, 2.05) is 30.5 Å². The Morgan fingerprint density at radius 3 is 2.78 bits per heavy atom. The van der Waals surface area contributed by atoms with Crippen LogP contribution in [0, 0.1) is 11.7 Å². The van der Waals surface area contributed by atoms with Crippen LogP contribution in [0.25, 0.3) is 0 Å². The molecule has 1 aliphatic rings. The van der Waals surface area contributed by atoms with Gasteiger partial charge in [0.1, 0.15) is 5.82 Å². The number of carbonyl (C=O) groups is 1. The fourth-order valence-corrected chi connectivity index (χ4v) is 4.34. The molecule has 0 aliphatic carbocycles. The monoisotopic (exact) mass is 433 g/mol. The molecule has 1 unspecified atom stereocenters. The second kappa shape index (κ2) is 9.92. The Labute approximate surface area is 187 Å². The van der Waals surface area contributed by atoms with Crippen LogP contribution in [0.15, 0.2) is 66.9 Å². The predicted molar refractivity (Wildman–Crippen MR) is 123 cm³/mol. The smallest absolute Gasteiger partial charge is 0.310 e. The fraction of sp³-hybridized carbons (Fsp3) is 0.308. The van der Waals surface area contributed by atoms with Gasteiger partial charge >= 0.3 is 5.97 Å². The Morgan fingerprint density at radius 2 is 2.00 bits per heavy atom. The first kappa shape index (κ1) is 22.0. The number of nitrogens with zero attached hydrogens (tertiary/aromatic N) is 1. The molecule has 6 heteroatoms. The van der Waals surface area contributed by atoms with E-state index in [9.17, 15) is 14.3 Å². The molecule has 0 bridgehead atoms. The Morgan fingerprint density at radius 1 is 1.19 bits per heavy atom. The Bertz CT molecular complexity index is 1070. The zero-order chi connectivity index (χ0) is 22.5. The van der Waals surface area contributed by atoms with Crippen LogP contribution in [0.5, 0.6) is 0 Å². The number of hydrogen-bond acceptors (Lipinski definition) is 4. The van der Waals surface area contributed by atoms with Crippen molar-refractivity contribution in [2.45, 2.75) is 31.7 Å². The fourth-order valence-electron chi connectivity index (χ4n) is 4.34. The zero-order valence-electron chi connectivity index (χ0n) is 18.1. The molecule has 0 saturated heterocycles. The third-order valence-corrected chi connectivity index (χ3v) is 6.23. The van der Waals surface area contributed by atoms with Gasteiger partial charge in [0, 0.05) is 24.7 Å². The minimum atomic E-state index is -0.913. The summed E-state index contributed by atoms with van der Waals surface area (Å²) >= 11 is 0. The van der Waals surface area contributed by atoms with Gasteiger partial charge in [-0.2, -0.15) is 0 Å². The van der Waals surface area contributed by atoms with Crippen LogP contribution in [0.4, 0.5) is 10.1 Å². The van der Waals surface area contributed by atoms with E-state index < -0.39 is 11.9 Å². The first-order valence-electron chi connectivity index (χ1n) is 11.0. The molecule has 0 fully saturated rings. The molecule has 1 aliphatic heterocycles. The Hall–Kier alpha value is -3.25. The summed E-state index contributed by atoms with van der Waals surface area (Å²) in [5, 5.41) is 16.4. The molecular weight excluding hydrogens is 405 g/mol. The molecule has 0 radical (unpaired) electrons. The molecule has 4 rings (SSSR count). The Balaban J connectivity index is 1.49. The summed E-state index contributed by atoms with van der Waals surface area (Å²) < 4.78 is 14.4. The van der Waals surface area contributed by atoms with E-state index in [1.54, 1.807) is 19.1 Å². The number of benzene rings is 2. The number of hydrogen-bond donors (Lipinski definition) is 3. The Kier molecular flexibility index (Phi) is 6.81. The summed E-state index contributed by atoms with van der Waals surface area (Å²) in [5.41, 5.74) is 4.48. The van der Waals surface area contributed by atoms with Gasteiger partial charge in [-0.1, -0.05) is 42.5 Å². The summed E-state index contributed by atoms with van der Waals surface area (Å²) in [5.74, 6) is -1.59. The third-order valence-electron chi connectivity index (χ3n) is 6.23. The number of rotatable bonds is 8. The van der Waals surface area contributed by atoms with Crippen molar-refractivity contribution in [2.75, 3.05) is 18.4 Å². The van der Waals surface area contributed by atoms with Gasteiger partial charge in [-0.3, -0.25) is 9.78 Å². The lowest BCUT2D eigenvalue weighted by atomic mass is 9.86. The minimum Gasteiger partial charge on any atom is -0.481 e. The summed E-state index contributed by atoms with van der Waals surface area (Å²) in [6.45, 7) is 3.02. The van der Waals surface area contributed by atoms with Crippen molar-refractivity contribution in [3.63, 3.8) is 0 Å². The molecule has 5 nitrogen and oxygen atoms in total. The van der Waals surface area contributed by atoms with Crippen molar-refractivity contribution < 1.29 is 14.3 Å². The van der Waals surface area contributed by atoms with Gasteiger partial charge in [-0.15, -0.1) is 0 Å². The molecule has 3 N–H and O–H groups in total. The molecule has 32 heavy (non-hydrogen) atoms. The maximum atomic E-state index is 14.4. The minimum absolute atomic E-state index is 0.0862. The second-order valence-corrected chi connectivity index (χ2v) is 8.35. The highest BCUT2D eigenvalue weighted by Gasteiger charge is 2.27. The predicted octanol–water partition coefficient (Wildman–Crippen LogP) is 4.57. The summed E-state index contributed by atoms with van der Waals surface area (Å²) in [4.78, 5) is 15.8. The number of halogens is 1. The molecule has 2 heterocycles. The first-order chi connectivity index (χ1) is 15.5. The van der Waals surface area contributed by atoms with Crippen molar-refractivity contribution in [2.24, 2.45) is 5.92 Å².